The fourth-order valence-electron chi connectivity index (χ4n) is 1.74. The first kappa shape index (κ1) is 11.9. The Balaban J connectivity index is 1.83. The molecule has 0 aliphatic rings. The molecule has 0 aliphatic carbocycles. The molecule has 2 aromatic rings. The normalized spacial score (nSPS) is 11.0. The number of nitrogens with zero attached hydrogens (tertiary/aromatic N) is 1. The van der Waals surface area contributed by atoms with E-state index in [9.17, 15) is 0 Å². The summed E-state index contributed by atoms with van der Waals surface area (Å²) in [5, 5.41) is 3.38. The highest BCUT2D eigenvalue weighted by Crippen LogP contribution is 2.14. The molecule has 2 rings (SSSR count). The van der Waals surface area contributed by atoms with Crippen LogP contribution in [0.25, 0.3) is 0 Å². The Kier molecular flexibility index (Phi) is 3.94. The van der Waals surface area contributed by atoms with E-state index in [1.165, 1.54) is 11.1 Å². The Morgan fingerprint density at radius 2 is 1.94 bits per heavy atom. The molecule has 0 unspecified atom stereocenters. The number of hydrogen-bond donors (Lipinski definition) is 2. The first-order valence-corrected chi connectivity index (χ1v) is 6.02. The summed E-state index contributed by atoms with van der Waals surface area (Å²) in [6, 6.07) is 8.79. The zero-order chi connectivity index (χ0) is 12.1. The van der Waals surface area contributed by atoms with Gasteiger partial charge in [-0.2, -0.15) is 0 Å². The van der Waals surface area contributed by atoms with Crippen LogP contribution in [0.3, 0.4) is 0 Å². The van der Waals surface area contributed by atoms with Gasteiger partial charge in [0.05, 0.1) is 6.33 Å². The largest absolute Gasteiger partial charge is 0.347 e. The number of nitrogens with one attached hydrogen (secondary N) is 2. The second-order valence-corrected chi connectivity index (χ2v) is 4.58. The minimum Gasteiger partial charge on any atom is -0.347 e. The molecule has 0 saturated heterocycles. The van der Waals surface area contributed by atoms with Crippen LogP contribution >= 0.6 is 0 Å². The number of hydrogen-bond acceptors (Lipinski definition) is 2. The Morgan fingerprint density at radius 3 is 2.53 bits per heavy atom. The van der Waals surface area contributed by atoms with Gasteiger partial charge in [-0.15, -0.1) is 0 Å². The number of imidazole rings is 1. The molecule has 2 N–H and O–H groups in total. The summed E-state index contributed by atoms with van der Waals surface area (Å²) >= 11 is 0. The van der Waals surface area contributed by atoms with E-state index in [0.29, 0.717) is 5.92 Å². The van der Waals surface area contributed by atoms with Gasteiger partial charge in [0.2, 0.25) is 0 Å². The maximum Gasteiger partial charge on any atom is 0.0922 e. The molecule has 0 spiro atoms. The summed E-state index contributed by atoms with van der Waals surface area (Å²) in [7, 11) is 0. The average Bonchev–Trinajstić information content (AvgIpc) is 2.83. The first-order valence-electron chi connectivity index (χ1n) is 6.02. The zero-order valence-electron chi connectivity index (χ0n) is 10.4. The fraction of sp³-hybridized carbons (Fsp3) is 0.357. The SMILES string of the molecule is CC(C)c1ccc(CNCc2cnc[nH]2)cc1. The molecular weight excluding hydrogens is 210 g/mol. The van der Waals surface area contributed by atoms with Crippen LogP contribution in [0, 0.1) is 0 Å². The Bertz CT molecular complexity index is 429. The lowest BCUT2D eigenvalue weighted by molar-refractivity contribution is 0.682. The first-order chi connectivity index (χ1) is 8.25. The van der Waals surface area contributed by atoms with Crippen molar-refractivity contribution < 1.29 is 0 Å². The zero-order valence-corrected chi connectivity index (χ0v) is 10.4. The lowest BCUT2D eigenvalue weighted by atomic mass is 10.0. The lowest BCUT2D eigenvalue weighted by Gasteiger charge is -2.07. The van der Waals surface area contributed by atoms with E-state index in [4.69, 9.17) is 0 Å². The van der Waals surface area contributed by atoms with Gasteiger partial charge >= 0.3 is 0 Å². The van der Waals surface area contributed by atoms with Crippen LogP contribution in [-0.2, 0) is 13.1 Å². The highest BCUT2D eigenvalue weighted by Gasteiger charge is 1.99. The van der Waals surface area contributed by atoms with Crippen molar-refractivity contribution in [1.29, 1.82) is 0 Å². The highest BCUT2D eigenvalue weighted by molar-refractivity contribution is 5.24. The molecule has 17 heavy (non-hydrogen) atoms. The van der Waals surface area contributed by atoms with E-state index in [-0.39, 0.29) is 0 Å². The molecule has 3 nitrogen and oxygen atoms in total. The molecule has 0 amide bonds. The molecule has 1 aromatic carbocycles. The molecule has 0 atom stereocenters. The minimum atomic E-state index is 0.599. The number of rotatable bonds is 5. The van der Waals surface area contributed by atoms with Crippen molar-refractivity contribution in [3.63, 3.8) is 0 Å². The predicted octanol–water partition coefficient (Wildman–Crippen LogP) is 2.82. The van der Waals surface area contributed by atoms with Crippen LogP contribution in [0.2, 0.25) is 0 Å². The molecular formula is C14H19N3. The van der Waals surface area contributed by atoms with Crippen molar-refractivity contribution in [3.05, 3.63) is 53.6 Å². The van der Waals surface area contributed by atoms with Crippen LogP contribution < -0.4 is 5.32 Å². The third kappa shape index (κ3) is 3.43. The monoisotopic (exact) mass is 229 g/mol. The van der Waals surface area contributed by atoms with Crippen molar-refractivity contribution in [2.45, 2.75) is 32.9 Å². The topological polar surface area (TPSA) is 40.7 Å². The standard InChI is InChI=1S/C14H19N3/c1-11(2)13-5-3-12(4-6-13)7-15-8-14-9-16-10-17-14/h3-6,9-11,15H,7-8H2,1-2H3,(H,16,17). The van der Waals surface area contributed by atoms with Crippen molar-refractivity contribution in [2.24, 2.45) is 0 Å². The summed E-state index contributed by atoms with van der Waals surface area (Å²) < 4.78 is 0. The molecule has 1 aromatic heterocycles. The van der Waals surface area contributed by atoms with Gasteiger partial charge < -0.3 is 10.3 Å². The second kappa shape index (κ2) is 5.64. The van der Waals surface area contributed by atoms with Crippen molar-refractivity contribution in [1.82, 2.24) is 15.3 Å². The van der Waals surface area contributed by atoms with E-state index in [1.807, 2.05) is 6.20 Å². The number of H-pyrrole nitrogens is 1. The van der Waals surface area contributed by atoms with Gasteiger partial charge in [-0.25, -0.2) is 4.98 Å². The summed E-state index contributed by atoms with van der Waals surface area (Å²) in [6.07, 6.45) is 3.54. The van der Waals surface area contributed by atoms with Crippen LogP contribution in [0.5, 0.6) is 0 Å². The number of benzene rings is 1. The number of aromatic amines is 1. The van der Waals surface area contributed by atoms with Crippen LogP contribution in [0.4, 0.5) is 0 Å². The third-order valence-electron chi connectivity index (χ3n) is 2.85. The molecule has 0 bridgehead atoms. The fourth-order valence-corrected chi connectivity index (χ4v) is 1.74. The van der Waals surface area contributed by atoms with Crippen molar-refractivity contribution in [3.8, 4) is 0 Å². The summed E-state index contributed by atoms with van der Waals surface area (Å²) in [4.78, 5) is 7.06. The van der Waals surface area contributed by atoms with E-state index in [1.54, 1.807) is 6.33 Å². The number of aromatic nitrogens is 2. The molecule has 1 heterocycles. The van der Waals surface area contributed by atoms with Crippen LogP contribution in [0.15, 0.2) is 36.8 Å². The molecule has 0 radical (unpaired) electrons. The molecule has 90 valence electrons. The molecule has 0 fully saturated rings. The molecule has 3 heteroatoms. The quantitative estimate of drug-likeness (QED) is 0.827. The average molecular weight is 229 g/mol. The Labute approximate surface area is 102 Å². The minimum absolute atomic E-state index is 0.599. The predicted molar refractivity (Wildman–Crippen MR) is 69.7 cm³/mol. The van der Waals surface area contributed by atoms with Crippen LogP contribution in [-0.4, -0.2) is 9.97 Å². The van der Waals surface area contributed by atoms with E-state index in [0.717, 1.165) is 18.8 Å². The van der Waals surface area contributed by atoms with Gasteiger partial charge in [0.15, 0.2) is 0 Å². The van der Waals surface area contributed by atoms with E-state index < -0.39 is 0 Å². The summed E-state index contributed by atoms with van der Waals surface area (Å²) in [5.74, 6) is 0.599. The molecule has 0 aliphatic heterocycles. The van der Waals surface area contributed by atoms with E-state index >= 15 is 0 Å². The van der Waals surface area contributed by atoms with Gasteiger partial charge in [0.25, 0.3) is 0 Å². The van der Waals surface area contributed by atoms with Gasteiger partial charge in [0.1, 0.15) is 0 Å². The Hall–Kier alpha value is -1.61. The maximum absolute atomic E-state index is 3.98. The van der Waals surface area contributed by atoms with Gasteiger partial charge in [-0.3, -0.25) is 0 Å². The van der Waals surface area contributed by atoms with Crippen LogP contribution in [0.1, 0.15) is 36.6 Å². The van der Waals surface area contributed by atoms with Gasteiger partial charge in [-0.1, -0.05) is 38.1 Å². The van der Waals surface area contributed by atoms with E-state index in [2.05, 4.69) is 53.4 Å². The van der Waals surface area contributed by atoms with Crippen molar-refractivity contribution in [2.75, 3.05) is 0 Å². The molecule has 0 saturated carbocycles. The maximum atomic E-state index is 3.98. The highest BCUT2D eigenvalue weighted by atomic mass is 14.9. The second-order valence-electron chi connectivity index (χ2n) is 4.58. The summed E-state index contributed by atoms with van der Waals surface area (Å²) in [6.45, 7) is 6.14. The van der Waals surface area contributed by atoms with Gasteiger partial charge in [0, 0.05) is 25.0 Å². The summed E-state index contributed by atoms with van der Waals surface area (Å²) in [5.41, 5.74) is 3.82. The van der Waals surface area contributed by atoms with Crippen molar-refractivity contribution >= 4 is 0 Å². The van der Waals surface area contributed by atoms with Gasteiger partial charge in [-0.05, 0) is 17.0 Å². The third-order valence-corrected chi connectivity index (χ3v) is 2.85. The Morgan fingerprint density at radius 1 is 1.18 bits per heavy atom. The lowest BCUT2D eigenvalue weighted by Crippen LogP contribution is -2.12. The smallest absolute Gasteiger partial charge is 0.0922 e.